The lowest BCUT2D eigenvalue weighted by Crippen LogP contribution is -2.28. The first-order valence-corrected chi connectivity index (χ1v) is 5.64. The van der Waals surface area contributed by atoms with Gasteiger partial charge in [-0.2, -0.15) is 0 Å². The van der Waals surface area contributed by atoms with E-state index >= 15 is 0 Å². The Morgan fingerprint density at radius 1 is 1.53 bits per heavy atom. The molecule has 1 aliphatic rings. The highest BCUT2D eigenvalue weighted by Crippen LogP contribution is 2.29. The average Bonchev–Trinajstić information content (AvgIpc) is 2.99. The smallest absolute Gasteiger partial charge is 0.257 e. The molecule has 0 unspecified atom stereocenters. The Balaban J connectivity index is 2.24. The highest BCUT2D eigenvalue weighted by Gasteiger charge is 2.30. The fourth-order valence-corrected chi connectivity index (χ4v) is 1.85. The summed E-state index contributed by atoms with van der Waals surface area (Å²) in [7, 11) is 1.78. The number of carbonyl (C=O) groups is 1. The zero-order valence-corrected chi connectivity index (χ0v) is 9.99. The van der Waals surface area contributed by atoms with Gasteiger partial charge in [0, 0.05) is 17.6 Å². The number of hydrogen-bond acceptors (Lipinski definition) is 2. The highest BCUT2D eigenvalue weighted by molar-refractivity contribution is 9.10. The summed E-state index contributed by atoms with van der Waals surface area (Å²) in [6, 6.07) is 5.29. The molecule has 1 N–H and O–H groups in total. The number of phenolic OH excluding ortho intramolecular Hbond substituents is 1. The van der Waals surface area contributed by atoms with Crippen molar-refractivity contribution in [2.75, 3.05) is 7.05 Å². The van der Waals surface area contributed by atoms with E-state index in [0.717, 1.165) is 17.3 Å². The van der Waals surface area contributed by atoms with Gasteiger partial charge in [0.15, 0.2) is 0 Å². The summed E-state index contributed by atoms with van der Waals surface area (Å²) >= 11 is 3.24. The molecule has 0 heterocycles. The molecule has 1 aliphatic carbocycles. The van der Waals surface area contributed by atoms with Gasteiger partial charge in [-0.25, -0.2) is 0 Å². The number of halogens is 1. The van der Waals surface area contributed by atoms with E-state index in [1.165, 1.54) is 6.07 Å². The number of rotatable bonds is 2. The second kappa shape index (κ2) is 3.85. The quantitative estimate of drug-likeness (QED) is 0.896. The summed E-state index contributed by atoms with van der Waals surface area (Å²) in [5.41, 5.74) is 0.368. The molecule has 2 rings (SSSR count). The first kappa shape index (κ1) is 10.5. The Kier molecular flexibility index (Phi) is 2.69. The molecule has 15 heavy (non-hydrogen) atoms. The van der Waals surface area contributed by atoms with Crippen LogP contribution in [0.2, 0.25) is 0 Å². The molecule has 4 heteroatoms. The lowest BCUT2D eigenvalue weighted by atomic mass is 10.2. The summed E-state index contributed by atoms with van der Waals surface area (Å²) in [6.45, 7) is 0. The van der Waals surface area contributed by atoms with Crippen LogP contribution < -0.4 is 0 Å². The van der Waals surface area contributed by atoms with Crippen molar-refractivity contribution in [3.8, 4) is 5.75 Å². The van der Waals surface area contributed by atoms with E-state index in [2.05, 4.69) is 15.9 Å². The van der Waals surface area contributed by atoms with Crippen LogP contribution in [0.1, 0.15) is 23.2 Å². The molecule has 0 atom stereocenters. The Hall–Kier alpha value is -1.03. The monoisotopic (exact) mass is 269 g/mol. The third-order valence-corrected chi connectivity index (χ3v) is 3.10. The number of aromatic hydroxyl groups is 1. The van der Waals surface area contributed by atoms with Gasteiger partial charge in [0.25, 0.3) is 5.91 Å². The number of hydrogen-bond donors (Lipinski definition) is 1. The maximum Gasteiger partial charge on any atom is 0.257 e. The van der Waals surface area contributed by atoms with Crippen molar-refractivity contribution in [3.63, 3.8) is 0 Å². The second-order valence-electron chi connectivity index (χ2n) is 3.81. The van der Waals surface area contributed by atoms with Gasteiger partial charge in [-0.05, 0) is 31.0 Å². The Morgan fingerprint density at radius 2 is 2.20 bits per heavy atom. The third-order valence-electron chi connectivity index (χ3n) is 2.61. The number of amides is 1. The Morgan fingerprint density at radius 3 is 2.73 bits per heavy atom. The summed E-state index contributed by atoms with van der Waals surface area (Å²) in [6.07, 6.45) is 2.14. The van der Waals surface area contributed by atoms with Gasteiger partial charge in [-0.15, -0.1) is 0 Å². The van der Waals surface area contributed by atoms with Crippen molar-refractivity contribution in [1.82, 2.24) is 4.90 Å². The van der Waals surface area contributed by atoms with Crippen molar-refractivity contribution in [1.29, 1.82) is 0 Å². The Labute approximate surface area is 96.8 Å². The van der Waals surface area contributed by atoms with E-state index in [0.29, 0.717) is 11.6 Å². The summed E-state index contributed by atoms with van der Waals surface area (Å²) in [5, 5.41) is 9.64. The van der Waals surface area contributed by atoms with Crippen LogP contribution in [0.3, 0.4) is 0 Å². The topological polar surface area (TPSA) is 40.5 Å². The van der Waals surface area contributed by atoms with Gasteiger partial charge < -0.3 is 10.0 Å². The molecule has 3 nitrogen and oxygen atoms in total. The van der Waals surface area contributed by atoms with Crippen LogP contribution in [0.15, 0.2) is 22.7 Å². The van der Waals surface area contributed by atoms with Crippen molar-refractivity contribution < 1.29 is 9.90 Å². The van der Waals surface area contributed by atoms with E-state index in [-0.39, 0.29) is 11.7 Å². The lowest BCUT2D eigenvalue weighted by molar-refractivity contribution is 0.0782. The zero-order valence-electron chi connectivity index (χ0n) is 8.40. The van der Waals surface area contributed by atoms with E-state index in [1.54, 1.807) is 24.1 Å². The fraction of sp³-hybridized carbons (Fsp3) is 0.364. The molecule has 1 aromatic carbocycles. The summed E-state index contributed by atoms with van der Waals surface area (Å²) < 4.78 is 0.769. The Bertz CT molecular complexity index is 402. The maximum absolute atomic E-state index is 11.9. The SMILES string of the molecule is CN(C(=O)c1ccc(Br)cc1O)C1CC1. The molecule has 0 aromatic heterocycles. The minimum absolute atomic E-state index is 0.0295. The molecule has 1 amide bonds. The van der Waals surface area contributed by atoms with E-state index in [1.807, 2.05) is 0 Å². The first-order chi connectivity index (χ1) is 7.09. The van der Waals surface area contributed by atoms with Crippen LogP contribution in [0.5, 0.6) is 5.75 Å². The molecule has 0 spiro atoms. The van der Waals surface area contributed by atoms with E-state index in [4.69, 9.17) is 0 Å². The number of benzene rings is 1. The highest BCUT2D eigenvalue weighted by atomic mass is 79.9. The predicted octanol–water partition coefficient (Wildman–Crippen LogP) is 2.39. The van der Waals surface area contributed by atoms with Crippen LogP contribution in [0.25, 0.3) is 0 Å². The molecule has 80 valence electrons. The molecule has 1 aromatic rings. The lowest BCUT2D eigenvalue weighted by Gasteiger charge is -2.16. The molecule has 0 bridgehead atoms. The largest absolute Gasteiger partial charge is 0.507 e. The van der Waals surface area contributed by atoms with Crippen molar-refractivity contribution >= 4 is 21.8 Å². The van der Waals surface area contributed by atoms with Crippen LogP contribution in [0, 0.1) is 0 Å². The fourth-order valence-electron chi connectivity index (χ4n) is 1.50. The van der Waals surface area contributed by atoms with Gasteiger partial charge in [-0.3, -0.25) is 4.79 Å². The van der Waals surface area contributed by atoms with Crippen molar-refractivity contribution in [2.24, 2.45) is 0 Å². The first-order valence-electron chi connectivity index (χ1n) is 4.85. The third kappa shape index (κ3) is 2.15. The number of carbonyl (C=O) groups excluding carboxylic acids is 1. The van der Waals surface area contributed by atoms with Crippen molar-refractivity contribution in [2.45, 2.75) is 18.9 Å². The van der Waals surface area contributed by atoms with Crippen LogP contribution in [-0.4, -0.2) is 29.0 Å². The van der Waals surface area contributed by atoms with E-state index in [9.17, 15) is 9.90 Å². The molecule has 1 saturated carbocycles. The molecule has 0 aliphatic heterocycles. The normalized spacial score (nSPS) is 15.1. The molecule has 0 saturated heterocycles. The summed E-state index contributed by atoms with van der Waals surface area (Å²) in [4.78, 5) is 13.6. The maximum atomic E-state index is 11.9. The van der Waals surface area contributed by atoms with Crippen LogP contribution >= 0.6 is 15.9 Å². The second-order valence-corrected chi connectivity index (χ2v) is 4.72. The van der Waals surface area contributed by atoms with Gasteiger partial charge in [0.2, 0.25) is 0 Å². The average molecular weight is 270 g/mol. The van der Waals surface area contributed by atoms with Crippen LogP contribution in [-0.2, 0) is 0 Å². The molecular weight excluding hydrogens is 258 g/mol. The minimum Gasteiger partial charge on any atom is -0.507 e. The van der Waals surface area contributed by atoms with E-state index < -0.39 is 0 Å². The zero-order chi connectivity index (χ0) is 11.0. The predicted molar refractivity (Wildman–Crippen MR) is 60.9 cm³/mol. The van der Waals surface area contributed by atoms with Crippen molar-refractivity contribution in [3.05, 3.63) is 28.2 Å². The molecule has 0 radical (unpaired) electrons. The van der Waals surface area contributed by atoms with Gasteiger partial charge in [0.1, 0.15) is 5.75 Å². The number of phenols is 1. The van der Waals surface area contributed by atoms with Crippen LogP contribution in [0.4, 0.5) is 0 Å². The van der Waals surface area contributed by atoms with Gasteiger partial charge >= 0.3 is 0 Å². The minimum atomic E-state index is -0.109. The molecular formula is C11H12BrNO2. The van der Waals surface area contributed by atoms with Gasteiger partial charge in [-0.1, -0.05) is 15.9 Å². The summed E-state index contributed by atoms with van der Waals surface area (Å²) in [5.74, 6) is -0.0793. The molecule has 1 fully saturated rings. The standard InChI is InChI=1S/C11H12BrNO2/c1-13(8-3-4-8)11(15)9-5-2-7(12)6-10(9)14/h2,5-6,8,14H,3-4H2,1H3. The number of nitrogens with zero attached hydrogens (tertiary/aromatic N) is 1. The van der Waals surface area contributed by atoms with Gasteiger partial charge in [0.05, 0.1) is 5.56 Å².